The van der Waals surface area contributed by atoms with E-state index in [2.05, 4.69) is 16.6 Å². The second-order valence-corrected chi connectivity index (χ2v) is 8.40. The maximum Gasteiger partial charge on any atom is 0.407 e. The van der Waals surface area contributed by atoms with Crippen molar-refractivity contribution in [3.63, 3.8) is 0 Å². The number of rotatable bonds is 8. The van der Waals surface area contributed by atoms with E-state index in [0.717, 1.165) is 22.3 Å². The molecule has 2 amide bonds. The molecule has 0 bridgehead atoms. The molecule has 3 N–H and O–H groups in total. The number of carboxylic acids is 1. The fraction of sp³-hybridized carbons (Fsp3) is 0.346. The van der Waals surface area contributed by atoms with Crippen molar-refractivity contribution < 1.29 is 29.0 Å². The van der Waals surface area contributed by atoms with Crippen molar-refractivity contribution in [1.29, 1.82) is 0 Å². The predicted molar refractivity (Wildman–Crippen MR) is 124 cm³/mol. The predicted octanol–water partition coefficient (Wildman–Crippen LogP) is 2.52. The largest absolute Gasteiger partial charge is 0.481 e. The van der Waals surface area contributed by atoms with Gasteiger partial charge in [-0.3, -0.25) is 9.59 Å². The highest BCUT2D eigenvalue weighted by atomic mass is 16.5. The van der Waals surface area contributed by atoms with Gasteiger partial charge in [-0.2, -0.15) is 0 Å². The molecule has 2 aromatic rings. The molecule has 0 aromatic heterocycles. The van der Waals surface area contributed by atoms with E-state index >= 15 is 0 Å². The summed E-state index contributed by atoms with van der Waals surface area (Å²) in [4.78, 5) is 36.1. The van der Waals surface area contributed by atoms with Crippen LogP contribution < -0.4 is 10.6 Å². The molecule has 2 aromatic carbocycles. The smallest absolute Gasteiger partial charge is 0.407 e. The van der Waals surface area contributed by atoms with E-state index < -0.39 is 36.0 Å². The van der Waals surface area contributed by atoms with Gasteiger partial charge in [0.25, 0.3) is 0 Å². The number of hydrogen-bond acceptors (Lipinski definition) is 5. The highest BCUT2D eigenvalue weighted by Crippen LogP contribution is 2.44. The van der Waals surface area contributed by atoms with E-state index in [4.69, 9.17) is 21.0 Å². The molecule has 34 heavy (non-hydrogen) atoms. The molecule has 176 valence electrons. The van der Waals surface area contributed by atoms with Crippen LogP contribution in [0.1, 0.15) is 29.9 Å². The van der Waals surface area contributed by atoms with Gasteiger partial charge in [0.2, 0.25) is 5.91 Å². The minimum atomic E-state index is -0.975. The molecule has 0 spiro atoms. The fourth-order valence-electron chi connectivity index (χ4n) is 4.47. The van der Waals surface area contributed by atoms with Crippen molar-refractivity contribution in [3.05, 3.63) is 59.7 Å². The van der Waals surface area contributed by atoms with Gasteiger partial charge in [-0.1, -0.05) is 48.5 Å². The van der Waals surface area contributed by atoms with Gasteiger partial charge >= 0.3 is 12.1 Å². The van der Waals surface area contributed by atoms with E-state index in [1.165, 1.54) is 0 Å². The summed E-state index contributed by atoms with van der Waals surface area (Å²) >= 11 is 0. The lowest BCUT2D eigenvalue weighted by atomic mass is 9.98. The SMILES string of the molecule is C#CCC(NC(=O)OCC1c2ccccc2-c2ccccc21)C(=O)NC[C@H]1C[C@@H](C(=O)O)CO1. The maximum atomic E-state index is 12.6. The summed E-state index contributed by atoms with van der Waals surface area (Å²) in [6, 6.07) is 15.0. The number of aliphatic carboxylic acids is 1. The van der Waals surface area contributed by atoms with Crippen molar-refractivity contribution in [1.82, 2.24) is 10.6 Å². The number of hydrogen-bond donors (Lipinski definition) is 3. The summed E-state index contributed by atoms with van der Waals surface area (Å²) in [5, 5.41) is 14.3. The summed E-state index contributed by atoms with van der Waals surface area (Å²) in [6.07, 6.45) is 4.55. The van der Waals surface area contributed by atoms with Gasteiger partial charge in [-0.05, 0) is 28.7 Å². The molecule has 1 aliphatic carbocycles. The molecule has 1 saturated heterocycles. The van der Waals surface area contributed by atoms with E-state index in [1.807, 2.05) is 48.5 Å². The van der Waals surface area contributed by atoms with Crippen LogP contribution >= 0.6 is 0 Å². The van der Waals surface area contributed by atoms with Gasteiger partial charge in [0.05, 0.1) is 18.6 Å². The summed E-state index contributed by atoms with van der Waals surface area (Å²) in [5.41, 5.74) is 4.42. The highest BCUT2D eigenvalue weighted by molar-refractivity contribution is 5.86. The lowest BCUT2D eigenvalue weighted by Crippen LogP contribution is -2.48. The van der Waals surface area contributed by atoms with Gasteiger partial charge in [0.1, 0.15) is 12.6 Å². The summed E-state index contributed by atoms with van der Waals surface area (Å²) < 4.78 is 10.9. The number of carbonyl (C=O) groups excluding carboxylic acids is 2. The Morgan fingerprint density at radius 1 is 1.12 bits per heavy atom. The molecule has 8 nitrogen and oxygen atoms in total. The molecule has 8 heteroatoms. The molecule has 1 heterocycles. The third-order valence-corrected chi connectivity index (χ3v) is 6.21. The number of nitrogens with one attached hydrogen (secondary N) is 2. The van der Waals surface area contributed by atoms with E-state index in [1.54, 1.807) is 0 Å². The highest BCUT2D eigenvalue weighted by Gasteiger charge is 2.32. The number of amides is 2. The van der Waals surface area contributed by atoms with Crippen LogP contribution in [0.4, 0.5) is 4.79 Å². The van der Waals surface area contributed by atoms with E-state index in [-0.39, 0.29) is 32.1 Å². The Kier molecular flexibility index (Phi) is 7.14. The van der Waals surface area contributed by atoms with Crippen LogP contribution in [-0.2, 0) is 19.1 Å². The molecule has 4 rings (SSSR count). The van der Waals surface area contributed by atoms with Crippen LogP contribution in [0.5, 0.6) is 0 Å². The number of terminal acetylenes is 1. The summed E-state index contributed by atoms with van der Waals surface area (Å²) in [6.45, 7) is 0.369. The van der Waals surface area contributed by atoms with E-state index in [0.29, 0.717) is 6.42 Å². The molecule has 0 radical (unpaired) electrons. The van der Waals surface area contributed by atoms with Crippen LogP contribution in [0.3, 0.4) is 0 Å². The van der Waals surface area contributed by atoms with Crippen LogP contribution in [0, 0.1) is 18.3 Å². The molecule has 3 atom stereocenters. The van der Waals surface area contributed by atoms with Crippen molar-refractivity contribution in [3.8, 4) is 23.5 Å². The average Bonchev–Trinajstić information content (AvgIpc) is 3.44. The van der Waals surface area contributed by atoms with Crippen LogP contribution in [0.25, 0.3) is 11.1 Å². The standard InChI is InChI=1S/C26H26N2O6/c1-2-7-23(24(29)27-13-17-12-16(14-33-17)25(30)31)28-26(32)34-15-22-20-10-5-3-8-18(20)19-9-4-6-11-21(19)22/h1,3-6,8-11,16-17,22-23H,7,12-15H2,(H,27,29)(H,28,32)(H,30,31)/t16-,17-,23?/m1/s1. The third kappa shape index (κ3) is 5.05. The Morgan fingerprint density at radius 3 is 2.35 bits per heavy atom. The number of fused-ring (bicyclic) bond motifs is 3. The van der Waals surface area contributed by atoms with Gasteiger partial charge in [0.15, 0.2) is 0 Å². The number of ether oxygens (including phenoxy) is 2. The Morgan fingerprint density at radius 2 is 1.76 bits per heavy atom. The maximum absolute atomic E-state index is 12.6. The number of carbonyl (C=O) groups is 3. The Hall–Kier alpha value is -3.83. The lowest BCUT2D eigenvalue weighted by Gasteiger charge is -2.19. The monoisotopic (exact) mass is 462 g/mol. The molecular formula is C26H26N2O6. The van der Waals surface area contributed by atoms with Gasteiger partial charge < -0.3 is 25.2 Å². The normalized spacial score (nSPS) is 19.4. The third-order valence-electron chi connectivity index (χ3n) is 6.21. The zero-order valence-electron chi connectivity index (χ0n) is 18.5. The first-order valence-corrected chi connectivity index (χ1v) is 11.1. The molecule has 2 aliphatic rings. The number of benzene rings is 2. The minimum Gasteiger partial charge on any atom is -0.481 e. The van der Waals surface area contributed by atoms with Crippen molar-refractivity contribution >= 4 is 18.0 Å². The lowest BCUT2D eigenvalue weighted by molar-refractivity contribution is -0.141. The molecule has 1 fully saturated rings. The zero-order chi connectivity index (χ0) is 24.1. The van der Waals surface area contributed by atoms with Crippen molar-refractivity contribution in [2.45, 2.75) is 30.9 Å². The summed E-state index contributed by atoms with van der Waals surface area (Å²) in [7, 11) is 0. The Balaban J connectivity index is 1.32. The summed E-state index contributed by atoms with van der Waals surface area (Å²) in [5.74, 6) is 0.310. The average molecular weight is 463 g/mol. The second-order valence-electron chi connectivity index (χ2n) is 8.40. The van der Waals surface area contributed by atoms with E-state index in [9.17, 15) is 14.4 Å². The molecule has 0 saturated carbocycles. The molecule has 1 aliphatic heterocycles. The Labute approximate surface area is 197 Å². The first-order valence-electron chi connectivity index (χ1n) is 11.1. The zero-order valence-corrected chi connectivity index (χ0v) is 18.5. The first kappa shape index (κ1) is 23.3. The molecular weight excluding hydrogens is 436 g/mol. The quantitative estimate of drug-likeness (QED) is 0.520. The van der Waals surface area contributed by atoms with Crippen LogP contribution in [0.15, 0.2) is 48.5 Å². The molecule has 1 unspecified atom stereocenters. The number of carboxylic acid groups (broad SMARTS) is 1. The topological polar surface area (TPSA) is 114 Å². The van der Waals surface area contributed by atoms with Gasteiger partial charge in [-0.25, -0.2) is 4.79 Å². The van der Waals surface area contributed by atoms with Gasteiger partial charge in [-0.15, -0.1) is 12.3 Å². The fourth-order valence-corrected chi connectivity index (χ4v) is 4.47. The van der Waals surface area contributed by atoms with Gasteiger partial charge in [0, 0.05) is 18.9 Å². The minimum absolute atomic E-state index is 0.0146. The first-order chi connectivity index (χ1) is 16.5. The van der Waals surface area contributed by atoms with Crippen LogP contribution in [0.2, 0.25) is 0 Å². The Bertz CT molecular complexity index is 1080. The van der Waals surface area contributed by atoms with Crippen LogP contribution in [-0.4, -0.2) is 55.0 Å². The second kappa shape index (κ2) is 10.4. The number of alkyl carbamates (subject to hydrolysis) is 1. The van der Waals surface area contributed by atoms with Crippen molar-refractivity contribution in [2.24, 2.45) is 5.92 Å². The van der Waals surface area contributed by atoms with Crippen molar-refractivity contribution in [2.75, 3.05) is 19.8 Å².